The summed E-state index contributed by atoms with van der Waals surface area (Å²) in [6.45, 7) is 0.133. The molecule has 7 heteroatoms. The Balaban J connectivity index is 1.54. The lowest BCUT2D eigenvalue weighted by Gasteiger charge is -2.13. The number of aryl methyl sites for hydroxylation is 1. The molecular formula is C16H16N4O3. The standard InChI is InChI=1S/C16H16N4O3/c1-19-8-11(18-10-19)6-7-17-14(21)9-20-15(22)12-4-2-3-5-13(12)16(20)23/h2-5,8,10H,6-7,9H2,1H3,(H,17,21). The van der Waals surface area contributed by atoms with E-state index in [4.69, 9.17) is 0 Å². The summed E-state index contributed by atoms with van der Waals surface area (Å²) in [5.41, 5.74) is 1.56. The van der Waals surface area contributed by atoms with Gasteiger partial charge >= 0.3 is 0 Å². The lowest BCUT2D eigenvalue weighted by atomic mass is 10.1. The van der Waals surface area contributed by atoms with Gasteiger partial charge in [-0.15, -0.1) is 0 Å². The minimum absolute atomic E-state index is 0.269. The third kappa shape index (κ3) is 2.98. The molecule has 0 saturated heterocycles. The number of nitrogens with one attached hydrogen (secondary N) is 1. The molecule has 0 unspecified atom stereocenters. The molecule has 2 heterocycles. The average Bonchev–Trinajstić information content (AvgIpc) is 3.05. The van der Waals surface area contributed by atoms with Crippen molar-refractivity contribution in [2.24, 2.45) is 7.05 Å². The molecule has 0 atom stereocenters. The molecule has 23 heavy (non-hydrogen) atoms. The number of imidazole rings is 1. The van der Waals surface area contributed by atoms with Crippen LogP contribution in [0.15, 0.2) is 36.8 Å². The fraction of sp³-hybridized carbons (Fsp3) is 0.250. The molecule has 1 N–H and O–H groups in total. The number of benzene rings is 1. The molecule has 0 fully saturated rings. The highest BCUT2D eigenvalue weighted by Crippen LogP contribution is 2.21. The van der Waals surface area contributed by atoms with Crippen LogP contribution in [0.5, 0.6) is 0 Å². The highest BCUT2D eigenvalue weighted by atomic mass is 16.2. The summed E-state index contributed by atoms with van der Waals surface area (Å²) in [7, 11) is 1.87. The lowest BCUT2D eigenvalue weighted by Crippen LogP contribution is -2.40. The SMILES string of the molecule is Cn1cnc(CCNC(=O)CN2C(=O)c3ccccc3C2=O)c1. The molecule has 0 radical (unpaired) electrons. The van der Waals surface area contributed by atoms with Crippen molar-refractivity contribution in [3.63, 3.8) is 0 Å². The van der Waals surface area contributed by atoms with Crippen LogP contribution in [0.3, 0.4) is 0 Å². The number of carbonyl (C=O) groups is 3. The van der Waals surface area contributed by atoms with Crippen LogP contribution < -0.4 is 5.32 Å². The number of amides is 3. The zero-order valence-electron chi connectivity index (χ0n) is 12.7. The quantitative estimate of drug-likeness (QED) is 0.809. The van der Waals surface area contributed by atoms with Crippen LogP contribution in [0.2, 0.25) is 0 Å². The van der Waals surface area contributed by atoms with Gasteiger partial charge in [-0.2, -0.15) is 0 Å². The van der Waals surface area contributed by atoms with Crippen molar-refractivity contribution in [2.45, 2.75) is 6.42 Å². The van der Waals surface area contributed by atoms with E-state index >= 15 is 0 Å². The summed E-state index contributed by atoms with van der Waals surface area (Å²) in [6, 6.07) is 6.57. The average molecular weight is 312 g/mol. The van der Waals surface area contributed by atoms with E-state index in [1.807, 2.05) is 17.8 Å². The lowest BCUT2D eigenvalue weighted by molar-refractivity contribution is -0.121. The van der Waals surface area contributed by atoms with E-state index in [1.54, 1.807) is 30.6 Å². The second-order valence-corrected chi connectivity index (χ2v) is 5.37. The molecule has 0 bridgehead atoms. The summed E-state index contributed by atoms with van der Waals surface area (Å²) in [6.07, 6.45) is 4.15. The zero-order valence-corrected chi connectivity index (χ0v) is 12.7. The maximum atomic E-state index is 12.2. The first-order chi connectivity index (χ1) is 11.1. The van der Waals surface area contributed by atoms with Crippen LogP contribution in [-0.4, -0.2) is 45.3 Å². The molecule has 1 aliphatic heterocycles. The second-order valence-electron chi connectivity index (χ2n) is 5.37. The molecular weight excluding hydrogens is 296 g/mol. The van der Waals surface area contributed by atoms with E-state index in [0.717, 1.165) is 10.6 Å². The molecule has 1 aliphatic rings. The summed E-state index contributed by atoms with van der Waals surface area (Å²) >= 11 is 0. The summed E-state index contributed by atoms with van der Waals surface area (Å²) in [5.74, 6) is -1.22. The van der Waals surface area contributed by atoms with Gasteiger partial charge in [0.1, 0.15) is 6.54 Å². The Hall–Kier alpha value is -2.96. The maximum absolute atomic E-state index is 12.2. The van der Waals surface area contributed by atoms with Crippen molar-refractivity contribution in [3.8, 4) is 0 Å². The van der Waals surface area contributed by atoms with Crippen molar-refractivity contribution in [3.05, 3.63) is 53.6 Å². The monoisotopic (exact) mass is 312 g/mol. The molecule has 3 amide bonds. The highest BCUT2D eigenvalue weighted by Gasteiger charge is 2.36. The summed E-state index contributed by atoms with van der Waals surface area (Å²) in [5, 5.41) is 2.70. The Kier molecular flexibility index (Phi) is 3.92. The molecule has 0 spiro atoms. The van der Waals surface area contributed by atoms with Gasteiger partial charge in [-0.3, -0.25) is 19.3 Å². The normalized spacial score (nSPS) is 13.3. The van der Waals surface area contributed by atoms with E-state index < -0.39 is 11.8 Å². The van der Waals surface area contributed by atoms with E-state index in [9.17, 15) is 14.4 Å². The Labute approximate surface area is 132 Å². The van der Waals surface area contributed by atoms with Gasteiger partial charge in [-0.05, 0) is 12.1 Å². The third-order valence-corrected chi connectivity index (χ3v) is 3.64. The third-order valence-electron chi connectivity index (χ3n) is 3.64. The fourth-order valence-electron chi connectivity index (χ4n) is 2.51. The van der Waals surface area contributed by atoms with Crippen molar-refractivity contribution in [1.82, 2.24) is 19.8 Å². The molecule has 7 nitrogen and oxygen atoms in total. The van der Waals surface area contributed by atoms with Crippen molar-refractivity contribution in [1.29, 1.82) is 0 Å². The summed E-state index contributed by atoms with van der Waals surface area (Å²) in [4.78, 5) is 41.4. The Morgan fingerprint density at radius 1 is 1.17 bits per heavy atom. The summed E-state index contributed by atoms with van der Waals surface area (Å²) < 4.78 is 1.83. The predicted octanol–water partition coefficient (Wildman–Crippen LogP) is 0.375. The molecule has 2 aromatic rings. The molecule has 3 rings (SSSR count). The van der Waals surface area contributed by atoms with Crippen molar-refractivity contribution >= 4 is 17.7 Å². The molecule has 1 aromatic heterocycles. The first kappa shape index (κ1) is 15.0. The van der Waals surface area contributed by atoms with Crippen LogP contribution in [0, 0.1) is 0 Å². The number of fused-ring (bicyclic) bond motifs is 1. The van der Waals surface area contributed by atoms with Gasteiger partial charge in [-0.1, -0.05) is 12.1 Å². The smallest absolute Gasteiger partial charge is 0.262 e. The highest BCUT2D eigenvalue weighted by molar-refractivity contribution is 6.22. The second kappa shape index (κ2) is 6.04. The topological polar surface area (TPSA) is 84.3 Å². The number of rotatable bonds is 5. The van der Waals surface area contributed by atoms with E-state index in [1.165, 1.54) is 0 Å². The van der Waals surface area contributed by atoms with Crippen LogP contribution >= 0.6 is 0 Å². The Morgan fingerprint density at radius 3 is 2.39 bits per heavy atom. The minimum Gasteiger partial charge on any atom is -0.354 e. The van der Waals surface area contributed by atoms with Crippen LogP contribution in [0.4, 0.5) is 0 Å². The van der Waals surface area contributed by atoms with Gasteiger partial charge in [-0.25, -0.2) is 4.98 Å². The van der Waals surface area contributed by atoms with Crippen molar-refractivity contribution < 1.29 is 14.4 Å². The molecule has 0 aliphatic carbocycles. The number of hydrogen-bond donors (Lipinski definition) is 1. The molecule has 0 saturated carbocycles. The van der Waals surface area contributed by atoms with Crippen LogP contribution in [0.1, 0.15) is 26.4 Å². The first-order valence-electron chi connectivity index (χ1n) is 7.25. The van der Waals surface area contributed by atoms with Crippen molar-refractivity contribution in [2.75, 3.05) is 13.1 Å². The molecule has 1 aromatic carbocycles. The minimum atomic E-state index is -0.425. The number of aromatic nitrogens is 2. The first-order valence-corrected chi connectivity index (χ1v) is 7.25. The van der Waals surface area contributed by atoms with Gasteiger partial charge in [0.05, 0.1) is 23.1 Å². The number of nitrogens with zero attached hydrogens (tertiary/aromatic N) is 3. The van der Waals surface area contributed by atoms with Gasteiger partial charge < -0.3 is 9.88 Å². The van der Waals surface area contributed by atoms with Gasteiger partial charge in [0, 0.05) is 26.2 Å². The number of imide groups is 1. The largest absolute Gasteiger partial charge is 0.354 e. The van der Waals surface area contributed by atoms with E-state index in [2.05, 4.69) is 10.3 Å². The van der Waals surface area contributed by atoms with Crippen LogP contribution in [-0.2, 0) is 18.3 Å². The van der Waals surface area contributed by atoms with E-state index in [0.29, 0.717) is 24.1 Å². The zero-order chi connectivity index (χ0) is 16.4. The van der Waals surface area contributed by atoms with Gasteiger partial charge in [0.15, 0.2) is 0 Å². The number of hydrogen-bond acceptors (Lipinski definition) is 4. The van der Waals surface area contributed by atoms with E-state index in [-0.39, 0.29) is 12.5 Å². The van der Waals surface area contributed by atoms with Crippen LogP contribution in [0.25, 0.3) is 0 Å². The Morgan fingerprint density at radius 2 is 1.83 bits per heavy atom. The van der Waals surface area contributed by atoms with Gasteiger partial charge in [0.25, 0.3) is 11.8 Å². The fourth-order valence-corrected chi connectivity index (χ4v) is 2.51. The number of carbonyl (C=O) groups excluding carboxylic acids is 3. The maximum Gasteiger partial charge on any atom is 0.262 e. The predicted molar refractivity (Wildman–Crippen MR) is 81.7 cm³/mol. The Bertz CT molecular complexity index is 746. The van der Waals surface area contributed by atoms with Gasteiger partial charge in [0.2, 0.25) is 5.91 Å². The molecule has 118 valence electrons.